The summed E-state index contributed by atoms with van der Waals surface area (Å²) in [5, 5.41) is 15.0. The fourth-order valence-electron chi connectivity index (χ4n) is 1.40. The predicted molar refractivity (Wildman–Crippen MR) is 50.0 cm³/mol. The summed E-state index contributed by atoms with van der Waals surface area (Å²) in [4.78, 5) is 11.6. The van der Waals surface area contributed by atoms with Gasteiger partial charge in [-0.2, -0.15) is 5.10 Å². The summed E-state index contributed by atoms with van der Waals surface area (Å²) in [6, 6.07) is 0. The average Bonchev–Trinajstić information content (AvgIpc) is 2.22. The van der Waals surface area contributed by atoms with E-state index >= 15 is 0 Å². The Labute approximate surface area is 78.2 Å². The number of nitrogens with zero attached hydrogens (tertiary/aromatic N) is 2. The van der Waals surface area contributed by atoms with Crippen molar-refractivity contribution in [2.75, 3.05) is 0 Å². The molecule has 13 heavy (non-hydrogen) atoms. The van der Waals surface area contributed by atoms with Crippen molar-refractivity contribution in [3.63, 3.8) is 0 Å². The molecule has 1 aliphatic rings. The predicted octanol–water partition coefficient (Wildman–Crippen LogP) is 0.959. The van der Waals surface area contributed by atoms with Gasteiger partial charge in [0, 0.05) is 18.1 Å². The van der Waals surface area contributed by atoms with Gasteiger partial charge in [0.15, 0.2) is 5.72 Å². The van der Waals surface area contributed by atoms with E-state index in [0.717, 1.165) is 5.71 Å². The number of carbonyl (C=O) groups excluding carboxylic acids is 1. The molecule has 0 unspecified atom stereocenters. The molecule has 1 aliphatic heterocycles. The third kappa shape index (κ3) is 1.88. The van der Waals surface area contributed by atoms with E-state index in [-0.39, 0.29) is 11.8 Å². The second-order valence-electron chi connectivity index (χ2n) is 4.03. The zero-order chi connectivity index (χ0) is 10.2. The molecule has 74 valence electrons. The van der Waals surface area contributed by atoms with Gasteiger partial charge in [-0.15, -0.1) is 0 Å². The second kappa shape index (κ2) is 3.10. The van der Waals surface area contributed by atoms with Crippen LogP contribution in [0.25, 0.3) is 0 Å². The van der Waals surface area contributed by atoms with E-state index < -0.39 is 5.72 Å². The zero-order valence-electron chi connectivity index (χ0n) is 8.53. The summed E-state index contributed by atoms with van der Waals surface area (Å²) in [5.74, 6) is -0.275. The van der Waals surface area contributed by atoms with Gasteiger partial charge in [0.05, 0.1) is 0 Å². The zero-order valence-corrected chi connectivity index (χ0v) is 8.53. The quantitative estimate of drug-likeness (QED) is 0.660. The van der Waals surface area contributed by atoms with Crippen LogP contribution in [0, 0.1) is 5.92 Å². The van der Waals surface area contributed by atoms with Crippen LogP contribution >= 0.6 is 0 Å². The first kappa shape index (κ1) is 10.2. The van der Waals surface area contributed by atoms with E-state index in [1.165, 1.54) is 5.01 Å². The molecule has 0 aromatic rings. The first-order valence-electron chi connectivity index (χ1n) is 4.45. The molecular formula is C9H16N2O2. The summed E-state index contributed by atoms with van der Waals surface area (Å²) >= 11 is 0. The topological polar surface area (TPSA) is 52.9 Å². The second-order valence-corrected chi connectivity index (χ2v) is 4.03. The van der Waals surface area contributed by atoms with Crippen molar-refractivity contribution in [1.82, 2.24) is 5.01 Å². The Morgan fingerprint density at radius 1 is 1.69 bits per heavy atom. The summed E-state index contributed by atoms with van der Waals surface area (Å²) in [6.45, 7) is 7.00. The molecule has 1 heterocycles. The highest BCUT2D eigenvalue weighted by atomic mass is 16.3. The molecule has 1 rings (SSSR count). The molecule has 0 radical (unpaired) electrons. The van der Waals surface area contributed by atoms with Gasteiger partial charge in [0.1, 0.15) is 0 Å². The number of amides is 1. The highest BCUT2D eigenvalue weighted by Crippen LogP contribution is 2.25. The smallest absolute Gasteiger partial charge is 0.247 e. The van der Waals surface area contributed by atoms with Crippen molar-refractivity contribution in [2.24, 2.45) is 11.0 Å². The molecule has 0 spiro atoms. The van der Waals surface area contributed by atoms with Gasteiger partial charge in [-0.1, -0.05) is 13.8 Å². The summed E-state index contributed by atoms with van der Waals surface area (Å²) in [5.41, 5.74) is -0.343. The van der Waals surface area contributed by atoms with E-state index in [0.29, 0.717) is 6.42 Å². The van der Waals surface area contributed by atoms with Crippen molar-refractivity contribution in [2.45, 2.75) is 39.8 Å². The molecule has 0 aliphatic carbocycles. The molecule has 0 fully saturated rings. The van der Waals surface area contributed by atoms with Gasteiger partial charge < -0.3 is 5.11 Å². The largest absolute Gasteiger partial charge is 0.369 e. The maximum atomic E-state index is 11.6. The summed E-state index contributed by atoms with van der Waals surface area (Å²) < 4.78 is 0. The Kier molecular flexibility index (Phi) is 2.43. The molecule has 1 atom stereocenters. The Hall–Kier alpha value is -0.900. The van der Waals surface area contributed by atoms with Crippen LogP contribution in [-0.2, 0) is 4.79 Å². The molecule has 0 bridgehead atoms. The average molecular weight is 184 g/mol. The third-order valence-electron chi connectivity index (χ3n) is 2.02. The van der Waals surface area contributed by atoms with Crippen LogP contribution in [0.15, 0.2) is 5.10 Å². The molecule has 1 amide bonds. The van der Waals surface area contributed by atoms with E-state index in [2.05, 4.69) is 5.10 Å². The molecule has 4 nitrogen and oxygen atoms in total. The highest BCUT2D eigenvalue weighted by Gasteiger charge is 2.39. The van der Waals surface area contributed by atoms with Crippen LogP contribution in [-0.4, -0.2) is 27.5 Å². The van der Waals surface area contributed by atoms with E-state index in [1.54, 1.807) is 20.8 Å². The number of hydrogen-bond acceptors (Lipinski definition) is 3. The van der Waals surface area contributed by atoms with Crippen LogP contribution in [0.2, 0.25) is 0 Å². The standard InChI is InChI=1S/C9H16N2O2/c1-6(2)8(12)11-9(4,13)5-7(3)10-11/h6,13H,5H2,1-4H3/t9-/m0/s1. The maximum absolute atomic E-state index is 11.6. The Morgan fingerprint density at radius 2 is 2.23 bits per heavy atom. The number of aliphatic hydroxyl groups is 1. The van der Waals surface area contributed by atoms with Gasteiger partial charge in [0.2, 0.25) is 5.91 Å². The Morgan fingerprint density at radius 3 is 2.54 bits per heavy atom. The van der Waals surface area contributed by atoms with Gasteiger partial charge in [-0.05, 0) is 13.8 Å². The number of hydrazone groups is 1. The minimum atomic E-state index is -1.13. The van der Waals surface area contributed by atoms with E-state index in [1.807, 2.05) is 6.92 Å². The first-order valence-corrected chi connectivity index (χ1v) is 4.45. The SMILES string of the molecule is CC1=NN(C(=O)C(C)C)[C@@](C)(O)C1. The molecule has 0 saturated carbocycles. The van der Waals surface area contributed by atoms with Crippen molar-refractivity contribution >= 4 is 11.6 Å². The number of hydrogen-bond donors (Lipinski definition) is 1. The molecule has 0 aromatic carbocycles. The number of carbonyl (C=O) groups is 1. The first-order chi connectivity index (χ1) is 5.84. The van der Waals surface area contributed by atoms with Crippen molar-refractivity contribution < 1.29 is 9.90 Å². The van der Waals surface area contributed by atoms with Crippen LogP contribution < -0.4 is 0 Å². The van der Waals surface area contributed by atoms with Crippen LogP contribution in [0.5, 0.6) is 0 Å². The number of rotatable bonds is 1. The lowest BCUT2D eigenvalue weighted by molar-refractivity contribution is -0.155. The van der Waals surface area contributed by atoms with Crippen LogP contribution in [0.1, 0.15) is 34.1 Å². The normalized spacial score (nSPS) is 28.2. The van der Waals surface area contributed by atoms with Crippen molar-refractivity contribution in [1.29, 1.82) is 0 Å². The van der Waals surface area contributed by atoms with Crippen LogP contribution in [0.4, 0.5) is 0 Å². The molecule has 0 aromatic heterocycles. The summed E-state index contributed by atoms with van der Waals surface area (Å²) in [6.07, 6.45) is 0.436. The highest BCUT2D eigenvalue weighted by molar-refractivity contribution is 5.89. The maximum Gasteiger partial charge on any atom is 0.247 e. The van der Waals surface area contributed by atoms with Crippen molar-refractivity contribution in [3.8, 4) is 0 Å². The Bertz CT molecular complexity index is 256. The third-order valence-corrected chi connectivity index (χ3v) is 2.02. The lowest BCUT2D eigenvalue weighted by Gasteiger charge is -2.28. The molecule has 0 saturated heterocycles. The monoisotopic (exact) mass is 184 g/mol. The van der Waals surface area contributed by atoms with Crippen molar-refractivity contribution in [3.05, 3.63) is 0 Å². The fraction of sp³-hybridized carbons (Fsp3) is 0.778. The van der Waals surface area contributed by atoms with Crippen LogP contribution in [0.3, 0.4) is 0 Å². The van der Waals surface area contributed by atoms with Gasteiger partial charge in [0.25, 0.3) is 0 Å². The Balaban J connectivity index is 2.85. The van der Waals surface area contributed by atoms with Gasteiger partial charge in [-0.25, -0.2) is 5.01 Å². The van der Waals surface area contributed by atoms with E-state index in [9.17, 15) is 9.90 Å². The summed E-state index contributed by atoms with van der Waals surface area (Å²) in [7, 11) is 0. The molecular weight excluding hydrogens is 168 g/mol. The molecule has 4 heteroatoms. The molecule has 1 N–H and O–H groups in total. The van der Waals surface area contributed by atoms with Gasteiger partial charge in [-0.3, -0.25) is 4.79 Å². The minimum Gasteiger partial charge on any atom is -0.369 e. The van der Waals surface area contributed by atoms with Gasteiger partial charge >= 0.3 is 0 Å². The van der Waals surface area contributed by atoms with E-state index in [4.69, 9.17) is 0 Å². The minimum absolute atomic E-state index is 0.137. The fourth-order valence-corrected chi connectivity index (χ4v) is 1.40. The lowest BCUT2D eigenvalue weighted by atomic mass is 10.1. The lowest BCUT2D eigenvalue weighted by Crippen LogP contribution is -2.44.